The lowest BCUT2D eigenvalue weighted by Crippen LogP contribution is -2.46. The SMILES string of the molecule is CCS(=O)(=O)N1CCCC(C(=O)N2CCc3ccccc32)C1. The molecule has 3 rings (SSSR count). The number of carbonyl (C=O) groups is 1. The molecule has 0 bridgehead atoms. The molecule has 2 heterocycles. The van der Waals surface area contributed by atoms with E-state index in [4.69, 9.17) is 0 Å². The lowest BCUT2D eigenvalue weighted by Gasteiger charge is -2.33. The second-order valence-electron chi connectivity index (χ2n) is 5.97. The summed E-state index contributed by atoms with van der Waals surface area (Å²) in [6.45, 7) is 3.22. The highest BCUT2D eigenvalue weighted by molar-refractivity contribution is 7.89. The molecule has 0 N–H and O–H groups in total. The van der Waals surface area contributed by atoms with E-state index < -0.39 is 10.0 Å². The molecule has 1 aromatic rings. The summed E-state index contributed by atoms with van der Waals surface area (Å²) in [5.41, 5.74) is 2.19. The van der Waals surface area contributed by atoms with Crippen LogP contribution in [0.25, 0.3) is 0 Å². The average molecular weight is 322 g/mol. The summed E-state index contributed by atoms with van der Waals surface area (Å²) in [7, 11) is -3.21. The van der Waals surface area contributed by atoms with Gasteiger partial charge in [0.25, 0.3) is 0 Å². The second-order valence-corrected chi connectivity index (χ2v) is 8.22. The van der Waals surface area contributed by atoms with Gasteiger partial charge in [-0.2, -0.15) is 0 Å². The van der Waals surface area contributed by atoms with Crippen LogP contribution in [-0.4, -0.2) is 44.0 Å². The van der Waals surface area contributed by atoms with Gasteiger partial charge < -0.3 is 4.90 Å². The van der Waals surface area contributed by atoms with Crippen molar-refractivity contribution in [3.63, 3.8) is 0 Å². The first-order chi connectivity index (χ1) is 10.5. The largest absolute Gasteiger partial charge is 0.312 e. The minimum absolute atomic E-state index is 0.0703. The zero-order valence-electron chi connectivity index (χ0n) is 12.9. The van der Waals surface area contributed by atoms with Gasteiger partial charge in [-0.05, 0) is 37.8 Å². The number of fused-ring (bicyclic) bond motifs is 1. The van der Waals surface area contributed by atoms with Gasteiger partial charge in [-0.15, -0.1) is 0 Å². The first kappa shape index (κ1) is 15.5. The number of anilines is 1. The predicted octanol–water partition coefficient (Wildman–Crippen LogP) is 1.64. The van der Waals surface area contributed by atoms with Gasteiger partial charge in [0, 0.05) is 25.3 Å². The average Bonchev–Trinajstić information content (AvgIpc) is 2.98. The van der Waals surface area contributed by atoms with Gasteiger partial charge >= 0.3 is 0 Å². The maximum absolute atomic E-state index is 12.8. The number of hydrogen-bond donors (Lipinski definition) is 0. The Morgan fingerprint density at radius 2 is 2.05 bits per heavy atom. The number of para-hydroxylation sites is 1. The molecule has 0 radical (unpaired) electrons. The number of piperidine rings is 1. The number of rotatable bonds is 3. The Morgan fingerprint density at radius 3 is 2.82 bits per heavy atom. The van der Waals surface area contributed by atoms with E-state index in [2.05, 4.69) is 6.07 Å². The summed E-state index contributed by atoms with van der Waals surface area (Å²) in [5.74, 6) is -0.0531. The molecule has 1 fully saturated rings. The van der Waals surface area contributed by atoms with E-state index in [0.717, 1.165) is 24.9 Å². The van der Waals surface area contributed by atoms with E-state index in [1.165, 1.54) is 9.87 Å². The molecule has 1 amide bonds. The highest BCUT2D eigenvalue weighted by Gasteiger charge is 2.35. The number of hydrogen-bond acceptors (Lipinski definition) is 3. The highest BCUT2D eigenvalue weighted by atomic mass is 32.2. The van der Waals surface area contributed by atoms with Crippen LogP contribution >= 0.6 is 0 Å². The first-order valence-electron chi connectivity index (χ1n) is 7.90. The molecule has 0 aliphatic carbocycles. The molecule has 1 unspecified atom stereocenters. The Labute approximate surface area is 132 Å². The topological polar surface area (TPSA) is 57.7 Å². The van der Waals surface area contributed by atoms with Crippen LogP contribution in [-0.2, 0) is 21.2 Å². The van der Waals surface area contributed by atoms with Gasteiger partial charge in [-0.25, -0.2) is 12.7 Å². The van der Waals surface area contributed by atoms with Crippen molar-refractivity contribution in [2.75, 3.05) is 30.3 Å². The van der Waals surface area contributed by atoms with Crippen molar-refractivity contribution in [3.8, 4) is 0 Å². The molecule has 1 saturated heterocycles. The first-order valence-corrected chi connectivity index (χ1v) is 9.51. The summed E-state index contributed by atoms with van der Waals surface area (Å²) >= 11 is 0. The van der Waals surface area contributed by atoms with Crippen molar-refractivity contribution < 1.29 is 13.2 Å². The lowest BCUT2D eigenvalue weighted by molar-refractivity contribution is -0.123. The molecule has 2 aliphatic heterocycles. The lowest BCUT2D eigenvalue weighted by atomic mass is 9.98. The maximum atomic E-state index is 12.8. The number of benzene rings is 1. The van der Waals surface area contributed by atoms with Gasteiger partial charge in [0.05, 0.1) is 11.7 Å². The van der Waals surface area contributed by atoms with E-state index in [-0.39, 0.29) is 17.6 Å². The Bertz CT molecular complexity index is 672. The third-order valence-electron chi connectivity index (χ3n) is 4.64. The van der Waals surface area contributed by atoms with Crippen LogP contribution in [0.5, 0.6) is 0 Å². The Hall–Kier alpha value is -1.40. The molecule has 1 aromatic carbocycles. The third kappa shape index (κ3) is 2.77. The molecule has 0 aromatic heterocycles. The standard InChI is InChI=1S/C16H22N2O3S/c1-2-22(20,21)17-10-5-7-14(12-17)16(19)18-11-9-13-6-3-4-8-15(13)18/h3-4,6,8,14H,2,5,7,9-12H2,1H3. The maximum Gasteiger partial charge on any atom is 0.231 e. The summed E-state index contributed by atoms with van der Waals surface area (Å²) in [6.07, 6.45) is 2.41. The molecule has 2 aliphatic rings. The van der Waals surface area contributed by atoms with E-state index in [0.29, 0.717) is 19.6 Å². The second kappa shape index (κ2) is 6.01. The van der Waals surface area contributed by atoms with Gasteiger partial charge in [-0.1, -0.05) is 18.2 Å². The van der Waals surface area contributed by atoms with Crippen molar-refractivity contribution in [3.05, 3.63) is 29.8 Å². The van der Waals surface area contributed by atoms with Crippen LogP contribution in [0.15, 0.2) is 24.3 Å². The summed E-state index contributed by atoms with van der Waals surface area (Å²) < 4.78 is 25.6. The fraction of sp³-hybridized carbons (Fsp3) is 0.562. The number of carbonyl (C=O) groups excluding carboxylic acids is 1. The number of nitrogens with zero attached hydrogens (tertiary/aromatic N) is 2. The van der Waals surface area contributed by atoms with E-state index in [9.17, 15) is 13.2 Å². The van der Waals surface area contributed by atoms with Crippen LogP contribution in [0.1, 0.15) is 25.3 Å². The van der Waals surface area contributed by atoms with Crippen LogP contribution in [0.4, 0.5) is 5.69 Å². The van der Waals surface area contributed by atoms with Crippen molar-refractivity contribution in [1.29, 1.82) is 0 Å². The zero-order chi connectivity index (χ0) is 15.7. The monoisotopic (exact) mass is 322 g/mol. The van der Waals surface area contributed by atoms with Crippen LogP contribution in [0.3, 0.4) is 0 Å². The van der Waals surface area contributed by atoms with Crippen LogP contribution in [0.2, 0.25) is 0 Å². The quantitative estimate of drug-likeness (QED) is 0.850. The predicted molar refractivity (Wildman–Crippen MR) is 86.3 cm³/mol. The molecule has 22 heavy (non-hydrogen) atoms. The fourth-order valence-corrected chi connectivity index (χ4v) is 4.55. The van der Waals surface area contributed by atoms with E-state index in [1.807, 2.05) is 23.1 Å². The van der Waals surface area contributed by atoms with Crippen LogP contribution < -0.4 is 4.90 Å². The Balaban J connectivity index is 1.76. The van der Waals surface area contributed by atoms with Crippen molar-refractivity contribution in [2.45, 2.75) is 26.2 Å². The van der Waals surface area contributed by atoms with Gasteiger partial charge in [0.2, 0.25) is 15.9 Å². The summed E-state index contributed by atoms with van der Waals surface area (Å²) in [4.78, 5) is 14.7. The van der Waals surface area contributed by atoms with E-state index >= 15 is 0 Å². The van der Waals surface area contributed by atoms with Crippen molar-refractivity contribution in [2.24, 2.45) is 5.92 Å². The molecule has 0 spiro atoms. The molecule has 5 nitrogen and oxygen atoms in total. The molecule has 6 heteroatoms. The smallest absolute Gasteiger partial charge is 0.231 e. The molecular weight excluding hydrogens is 300 g/mol. The van der Waals surface area contributed by atoms with Gasteiger partial charge in [0.15, 0.2) is 0 Å². The number of amides is 1. The van der Waals surface area contributed by atoms with Crippen molar-refractivity contribution >= 4 is 21.6 Å². The fourth-order valence-electron chi connectivity index (χ4n) is 3.37. The van der Waals surface area contributed by atoms with Gasteiger partial charge in [0.1, 0.15) is 0 Å². The Morgan fingerprint density at radius 1 is 1.27 bits per heavy atom. The molecule has 0 saturated carbocycles. The van der Waals surface area contributed by atoms with Gasteiger partial charge in [-0.3, -0.25) is 4.79 Å². The Kier molecular flexibility index (Phi) is 4.23. The minimum atomic E-state index is -3.21. The minimum Gasteiger partial charge on any atom is -0.312 e. The molecule has 1 atom stereocenters. The number of sulfonamides is 1. The summed E-state index contributed by atoms with van der Waals surface area (Å²) in [6, 6.07) is 7.96. The highest BCUT2D eigenvalue weighted by Crippen LogP contribution is 2.31. The van der Waals surface area contributed by atoms with E-state index in [1.54, 1.807) is 6.92 Å². The summed E-state index contributed by atoms with van der Waals surface area (Å²) in [5, 5.41) is 0. The molecule has 120 valence electrons. The normalized spacial score (nSPS) is 22.6. The molecular formula is C16H22N2O3S. The zero-order valence-corrected chi connectivity index (χ0v) is 13.7. The van der Waals surface area contributed by atoms with Crippen molar-refractivity contribution in [1.82, 2.24) is 4.31 Å². The van der Waals surface area contributed by atoms with Crippen LogP contribution in [0, 0.1) is 5.92 Å². The third-order valence-corrected chi connectivity index (χ3v) is 6.49.